The summed E-state index contributed by atoms with van der Waals surface area (Å²) >= 11 is 0. The number of carbonyl (C=O) groups excluding carboxylic acids is 1. The van der Waals surface area contributed by atoms with Crippen LogP contribution in [0.5, 0.6) is 0 Å². The highest BCUT2D eigenvalue weighted by molar-refractivity contribution is 5.77. The van der Waals surface area contributed by atoms with Gasteiger partial charge in [-0.15, -0.1) is 0 Å². The van der Waals surface area contributed by atoms with Crippen molar-refractivity contribution < 1.29 is 19.0 Å². The molecular formula is C12H22N2O4. The molecule has 6 heteroatoms. The van der Waals surface area contributed by atoms with Crippen LogP contribution in [0.2, 0.25) is 0 Å². The number of hydrogen-bond acceptors (Lipinski definition) is 5. The summed E-state index contributed by atoms with van der Waals surface area (Å²) in [5, 5.41) is 6.07. The van der Waals surface area contributed by atoms with E-state index in [1.807, 2.05) is 0 Å². The summed E-state index contributed by atoms with van der Waals surface area (Å²) < 4.78 is 16.2. The highest BCUT2D eigenvalue weighted by atomic mass is 16.6. The van der Waals surface area contributed by atoms with Crippen LogP contribution in [0, 0.1) is 0 Å². The number of rotatable bonds is 5. The predicted molar refractivity (Wildman–Crippen MR) is 65.4 cm³/mol. The van der Waals surface area contributed by atoms with Gasteiger partial charge in [0.15, 0.2) is 0 Å². The highest BCUT2D eigenvalue weighted by Gasteiger charge is 2.17. The van der Waals surface area contributed by atoms with Crippen LogP contribution in [0.25, 0.3) is 0 Å². The SMILES string of the molecule is O=C(COC1CCNCC1)NCC1COCCO1. The quantitative estimate of drug-likeness (QED) is 0.681. The standard InChI is InChI=1S/C12H22N2O4/c15-12(9-18-10-1-3-13-4-2-10)14-7-11-8-16-5-6-17-11/h10-11,13H,1-9H2,(H,14,15). The van der Waals surface area contributed by atoms with E-state index in [4.69, 9.17) is 14.2 Å². The van der Waals surface area contributed by atoms with Crippen molar-refractivity contribution in [2.45, 2.75) is 25.0 Å². The van der Waals surface area contributed by atoms with Gasteiger partial charge in [0.1, 0.15) is 6.61 Å². The molecule has 0 aromatic rings. The predicted octanol–water partition coefficient (Wildman–Crippen LogP) is -0.713. The van der Waals surface area contributed by atoms with Crippen molar-refractivity contribution in [1.82, 2.24) is 10.6 Å². The molecule has 2 fully saturated rings. The van der Waals surface area contributed by atoms with Gasteiger partial charge in [-0.2, -0.15) is 0 Å². The van der Waals surface area contributed by atoms with Crippen molar-refractivity contribution in [3.63, 3.8) is 0 Å². The third-order valence-corrected chi connectivity index (χ3v) is 3.15. The largest absolute Gasteiger partial charge is 0.376 e. The molecule has 1 atom stereocenters. The molecule has 2 rings (SSSR count). The summed E-state index contributed by atoms with van der Waals surface area (Å²) in [5.74, 6) is -0.0808. The van der Waals surface area contributed by atoms with Crippen molar-refractivity contribution >= 4 is 5.91 Å². The maximum atomic E-state index is 11.6. The minimum absolute atomic E-state index is 0.0263. The Morgan fingerprint density at radius 2 is 2.17 bits per heavy atom. The molecule has 0 bridgehead atoms. The molecule has 2 heterocycles. The number of ether oxygens (including phenoxy) is 3. The van der Waals surface area contributed by atoms with Crippen LogP contribution in [0.3, 0.4) is 0 Å². The molecule has 0 spiro atoms. The van der Waals surface area contributed by atoms with Crippen LogP contribution in [0.4, 0.5) is 0 Å². The van der Waals surface area contributed by atoms with Crippen molar-refractivity contribution in [3.8, 4) is 0 Å². The normalized spacial score (nSPS) is 25.9. The van der Waals surface area contributed by atoms with Crippen molar-refractivity contribution in [2.75, 3.05) is 46.1 Å². The summed E-state index contributed by atoms with van der Waals surface area (Å²) in [6, 6.07) is 0. The molecule has 2 N–H and O–H groups in total. The topological polar surface area (TPSA) is 68.8 Å². The molecular weight excluding hydrogens is 236 g/mol. The summed E-state index contributed by atoms with van der Waals surface area (Å²) in [6.07, 6.45) is 2.15. The van der Waals surface area contributed by atoms with E-state index in [9.17, 15) is 4.79 Å². The lowest BCUT2D eigenvalue weighted by Gasteiger charge is -2.24. The van der Waals surface area contributed by atoms with Crippen LogP contribution in [0.15, 0.2) is 0 Å². The van der Waals surface area contributed by atoms with E-state index in [0.717, 1.165) is 25.9 Å². The molecule has 1 unspecified atom stereocenters. The first-order valence-electron chi connectivity index (χ1n) is 6.63. The molecule has 1 amide bonds. The minimum atomic E-state index is -0.0808. The number of hydrogen-bond donors (Lipinski definition) is 2. The Morgan fingerprint density at radius 3 is 2.89 bits per heavy atom. The fraction of sp³-hybridized carbons (Fsp3) is 0.917. The maximum absolute atomic E-state index is 11.6. The lowest BCUT2D eigenvalue weighted by Crippen LogP contribution is -2.41. The van der Waals surface area contributed by atoms with Crippen LogP contribution in [-0.2, 0) is 19.0 Å². The number of piperidine rings is 1. The van der Waals surface area contributed by atoms with Gasteiger partial charge in [-0.1, -0.05) is 0 Å². The van der Waals surface area contributed by atoms with Crippen molar-refractivity contribution in [3.05, 3.63) is 0 Å². The Balaban J connectivity index is 1.54. The average molecular weight is 258 g/mol. The molecule has 6 nitrogen and oxygen atoms in total. The van der Waals surface area contributed by atoms with Gasteiger partial charge in [-0.25, -0.2) is 0 Å². The minimum Gasteiger partial charge on any atom is -0.376 e. The van der Waals surface area contributed by atoms with Crippen LogP contribution < -0.4 is 10.6 Å². The van der Waals surface area contributed by atoms with E-state index in [1.54, 1.807) is 0 Å². The highest BCUT2D eigenvalue weighted by Crippen LogP contribution is 2.06. The Kier molecular flexibility index (Phi) is 5.86. The molecule has 2 saturated heterocycles. The second kappa shape index (κ2) is 7.68. The van der Waals surface area contributed by atoms with Gasteiger partial charge in [0.2, 0.25) is 5.91 Å². The van der Waals surface area contributed by atoms with Gasteiger partial charge in [0.05, 0.1) is 32.0 Å². The molecule has 2 aliphatic rings. The Bertz CT molecular complexity index is 226. The zero-order valence-electron chi connectivity index (χ0n) is 10.7. The van der Waals surface area contributed by atoms with Crippen molar-refractivity contribution in [2.24, 2.45) is 0 Å². The van der Waals surface area contributed by atoms with Gasteiger partial charge in [-0.05, 0) is 25.9 Å². The summed E-state index contributed by atoms with van der Waals surface area (Å²) in [4.78, 5) is 11.6. The van der Waals surface area contributed by atoms with Crippen molar-refractivity contribution in [1.29, 1.82) is 0 Å². The molecule has 104 valence electrons. The fourth-order valence-electron chi connectivity index (χ4n) is 2.09. The van der Waals surface area contributed by atoms with E-state index in [1.165, 1.54) is 0 Å². The number of amides is 1. The Hall–Kier alpha value is -0.690. The Morgan fingerprint density at radius 1 is 1.33 bits per heavy atom. The third kappa shape index (κ3) is 4.89. The van der Waals surface area contributed by atoms with E-state index in [-0.39, 0.29) is 24.7 Å². The van der Waals surface area contributed by atoms with Gasteiger partial charge in [0.25, 0.3) is 0 Å². The smallest absolute Gasteiger partial charge is 0.246 e. The van der Waals surface area contributed by atoms with Gasteiger partial charge in [0, 0.05) is 6.54 Å². The molecule has 0 aliphatic carbocycles. The van der Waals surface area contributed by atoms with Crippen LogP contribution in [0.1, 0.15) is 12.8 Å². The molecule has 0 aromatic heterocycles. The number of carbonyl (C=O) groups is 1. The van der Waals surface area contributed by atoms with Crippen LogP contribution >= 0.6 is 0 Å². The summed E-state index contributed by atoms with van der Waals surface area (Å²) in [7, 11) is 0. The van der Waals surface area contributed by atoms with Gasteiger partial charge in [-0.3, -0.25) is 4.79 Å². The summed E-state index contributed by atoms with van der Waals surface area (Å²) in [6.45, 7) is 4.37. The fourth-order valence-corrected chi connectivity index (χ4v) is 2.09. The lowest BCUT2D eigenvalue weighted by molar-refractivity contribution is -0.130. The van der Waals surface area contributed by atoms with Gasteiger partial charge >= 0.3 is 0 Å². The van der Waals surface area contributed by atoms with E-state index >= 15 is 0 Å². The summed E-state index contributed by atoms with van der Waals surface area (Å²) in [5.41, 5.74) is 0. The lowest BCUT2D eigenvalue weighted by atomic mass is 10.1. The Labute approximate surface area is 107 Å². The third-order valence-electron chi connectivity index (χ3n) is 3.15. The second-order valence-electron chi connectivity index (χ2n) is 4.63. The van der Waals surface area contributed by atoms with E-state index in [0.29, 0.717) is 26.4 Å². The zero-order valence-corrected chi connectivity index (χ0v) is 10.7. The monoisotopic (exact) mass is 258 g/mol. The molecule has 0 aromatic carbocycles. The van der Waals surface area contributed by atoms with E-state index < -0.39 is 0 Å². The molecule has 0 radical (unpaired) electrons. The first kappa shape index (κ1) is 13.7. The molecule has 2 aliphatic heterocycles. The van der Waals surface area contributed by atoms with Gasteiger partial charge < -0.3 is 24.8 Å². The molecule has 18 heavy (non-hydrogen) atoms. The maximum Gasteiger partial charge on any atom is 0.246 e. The number of nitrogens with one attached hydrogen (secondary N) is 2. The average Bonchev–Trinajstić information content (AvgIpc) is 2.45. The van der Waals surface area contributed by atoms with Crippen LogP contribution in [-0.4, -0.2) is 64.2 Å². The first-order chi connectivity index (χ1) is 8.84. The zero-order chi connectivity index (χ0) is 12.6. The van der Waals surface area contributed by atoms with E-state index in [2.05, 4.69) is 10.6 Å². The molecule has 0 saturated carbocycles. The second-order valence-corrected chi connectivity index (χ2v) is 4.63. The first-order valence-corrected chi connectivity index (χ1v) is 6.63.